The molecule has 1 amide bonds. The van der Waals surface area contributed by atoms with Gasteiger partial charge in [-0.3, -0.25) is 9.36 Å². The first-order valence-electron chi connectivity index (χ1n) is 11.5. The normalized spacial score (nSPS) is 11.0. The molecule has 0 spiro atoms. The standard InChI is InChI=1S/C27H24FN5O3S/c1-35-19-11-12-24(36-2)23(13-19)33-26(21-15-29-22-6-4-3-5-20(21)22)31-32-27(33)37-16-25(34)30-14-17-7-9-18(28)10-8-17/h3-13,15,29H,14,16H2,1-2H3,(H,30,34). The molecule has 0 unspecified atom stereocenters. The number of rotatable bonds is 9. The van der Waals surface area contributed by atoms with Gasteiger partial charge in [0.05, 0.1) is 25.7 Å². The third-order valence-electron chi connectivity index (χ3n) is 5.83. The van der Waals surface area contributed by atoms with E-state index in [4.69, 9.17) is 9.47 Å². The zero-order valence-electron chi connectivity index (χ0n) is 20.2. The monoisotopic (exact) mass is 517 g/mol. The molecular formula is C27H24FN5O3S. The highest BCUT2D eigenvalue weighted by atomic mass is 32.2. The number of nitrogens with zero attached hydrogens (tertiary/aromatic N) is 3. The molecule has 0 aliphatic rings. The van der Waals surface area contributed by atoms with Gasteiger partial charge < -0.3 is 19.8 Å². The van der Waals surface area contributed by atoms with Crippen molar-refractivity contribution < 1.29 is 18.7 Å². The summed E-state index contributed by atoms with van der Waals surface area (Å²) in [5, 5.41) is 13.3. The van der Waals surface area contributed by atoms with E-state index in [1.807, 2.05) is 53.2 Å². The van der Waals surface area contributed by atoms with E-state index in [0.29, 0.717) is 34.7 Å². The molecule has 0 saturated heterocycles. The minimum absolute atomic E-state index is 0.111. The number of methoxy groups -OCH3 is 2. The molecule has 3 aromatic carbocycles. The van der Waals surface area contributed by atoms with Gasteiger partial charge in [-0.15, -0.1) is 10.2 Å². The number of ether oxygens (including phenoxy) is 2. The zero-order valence-corrected chi connectivity index (χ0v) is 21.0. The molecule has 2 N–H and O–H groups in total. The lowest BCUT2D eigenvalue weighted by atomic mass is 10.1. The number of thioether (sulfide) groups is 1. The third-order valence-corrected chi connectivity index (χ3v) is 6.75. The molecule has 0 saturated carbocycles. The quantitative estimate of drug-likeness (QED) is 0.268. The maximum absolute atomic E-state index is 13.1. The molecule has 0 fully saturated rings. The number of carbonyl (C=O) groups excluding carboxylic acids is 1. The Morgan fingerprint density at radius 2 is 1.86 bits per heavy atom. The van der Waals surface area contributed by atoms with Crippen LogP contribution < -0.4 is 14.8 Å². The lowest BCUT2D eigenvalue weighted by molar-refractivity contribution is -0.118. The summed E-state index contributed by atoms with van der Waals surface area (Å²) in [5.74, 6) is 1.45. The minimum Gasteiger partial charge on any atom is -0.497 e. The van der Waals surface area contributed by atoms with Crippen LogP contribution in [0.5, 0.6) is 11.5 Å². The summed E-state index contributed by atoms with van der Waals surface area (Å²) in [6.07, 6.45) is 1.89. The number of halogens is 1. The molecule has 2 aromatic heterocycles. The van der Waals surface area contributed by atoms with Crippen molar-refractivity contribution in [2.75, 3.05) is 20.0 Å². The van der Waals surface area contributed by atoms with Crippen LogP contribution in [0.25, 0.3) is 28.0 Å². The molecule has 0 radical (unpaired) electrons. The van der Waals surface area contributed by atoms with Crippen molar-refractivity contribution in [3.05, 3.63) is 84.3 Å². The summed E-state index contributed by atoms with van der Waals surface area (Å²) in [4.78, 5) is 15.9. The topological polar surface area (TPSA) is 94.1 Å². The van der Waals surface area contributed by atoms with E-state index in [-0.39, 0.29) is 17.5 Å². The van der Waals surface area contributed by atoms with Gasteiger partial charge >= 0.3 is 0 Å². The fourth-order valence-corrected chi connectivity index (χ4v) is 4.74. The first-order chi connectivity index (χ1) is 18.1. The molecular weight excluding hydrogens is 493 g/mol. The fourth-order valence-electron chi connectivity index (χ4n) is 3.97. The first kappa shape index (κ1) is 24.4. The van der Waals surface area contributed by atoms with Gasteiger partial charge in [0.15, 0.2) is 11.0 Å². The SMILES string of the molecule is COc1ccc(OC)c(-n2c(SCC(=O)NCc3ccc(F)cc3)nnc2-c2c[nH]c3ccccc23)c1. The lowest BCUT2D eigenvalue weighted by Gasteiger charge is -2.15. The van der Waals surface area contributed by atoms with Gasteiger partial charge in [0.1, 0.15) is 17.3 Å². The van der Waals surface area contributed by atoms with Gasteiger partial charge in [-0.05, 0) is 35.9 Å². The number of fused-ring (bicyclic) bond motifs is 1. The van der Waals surface area contributed by atoms with E-state index < -0.39 is 0 Å². The average molecular weight is 518 g/mol. The second-order valence-corrected chi connectivity index (χ2v) is 9.06. The van der Waals surface area contributed by atoms with E-state index in [2.05, 4.69) is 20.5 Å². The lowest BCUT2D eigenvalue weighted by Crippen LogP contribution is -2.24. The number of carbonyl (C=O) groups is 1. The Bertz CT molecular complexity index is 1550. The second kappa shape index (κ2) is 10.8. The van der Waals surface area contributed by atoms with Crippen LogP contribution in [0.1, 0.15) is 5.56 Å². The number of benzene rings is 3. The van der Waals surface area contributed by atoms with Crippen LogP contribution >= 0.6 is 11.8 Å². The molecule has 10 heteroatoms. The predicted octanol–water partition coefficient (Wildman–Crippen LogP) is 4.98. The molecule has 37 heavy (non-hydrogen) atoms. The molecule has 2 heterocycles. The highest BCUT2D eigenvalue weighted by Gasteiger charge is 2.22. The van der Waals surface area contributed by atoms with Crippen molar-refractivity contribution in [3.8, 4) is 28.6 Å². The van der Waals surface area contributed by atoms with E-state index in [0.717, 1.165) is 22.0 Å². The molecule has 5 rings (SSSR count). The molecule has 8 nitrogen and oxygen atoms in total. The number of H-pyrrole nitrogens is 1. The summed E-state index contributed by atoms with van der Waals surface area (Å²) in [7, 11) is 3.19. The number of para-hydroxylation sites is 1. The number of hydrogen-bond donors (Lipinski definition) is 2. The largest absolute Gasteiger partial charge is 0.497 e. The predicted molar refractivity (Wildman–Crippen MR) is 141 cm³/mol. The van der Waals surface area contributed by atoms with Gasteiger partial charge in [0.25, 0.3) is 0 Å². The third kappa shape index (κ3) is 5.14. The van der Waals surface area contributed by atoms with Crippen LogP contribution in [-0.4, -0.2) is 45.6 Å². The Balaban J connectivity index is 1.47. The van der Waals surface area contributed by atoms with Crippen LogP contribution in [0.4, 0.5) is 4.39 Å². The van der Waals surface area contributed by atoms with Gasteiger partial charge in [-0.1, -0.05) is 42.1 Å². The van der Waals surface area contributed by atoms with Crippen molar-refractivity contribution in [1.29, 1.82) is 0 Å². The number of aromatic nitrogens is 4. The summed E-state index contributed by atoms with van der Waals surface area (Å²) in [6.45, 7) is 0.302. The summed E-state index contributed by atoms with van der Waals surface area (Å²) < 4.78 is 26.1. The maximum atomic E-state index is 13.1. The number of amides is 1. The van der Waals surface area contributed by atoms with Gasteiger partial charge in [-0.2, -0.15) is 0 Å². The van der Waals surface area contributed by atoms with Crippen molar-refractivity contribution in [2.24, 2.45) is 0 Å². The average Bonchev–Trinajstić information content (AvgIpc) is 3.55. The van der Waals surface area contributed by atoms with E-state index in [1.54, 1.807) is 26.4 Å². The molecule has 0 aliphatic carbocycles. The zero-order chi connectivity index (χ0) is 25.8. The summed E-state index contributed by atoms with van der Waals surface area (Å²) in [5.41, 5.74) is 3.33. The highest BCUT2D eigenvalue weighted by molar-refractivity contribution is 7.99. The van der Waals surface area contributed by atoms with E-state index in [9.17, 15) is 9.18 Å². The number of hydrogen-bond acceptors (Lipinski definition) is 6. The van der Waals surface area contributed by atoms with Crippen LogP contribution in [0.3, 0.4) is 0 Å². The molecule has 0 bridgehead atoms. The Morgan fingerprint density at radius 1 is 1.05 bits per heavy atom. The maximum Gasteiger partial charge on any atom is 0.230 e. The fraction of sp³-hybridized carbons (Fsp3) is 0.148. The molecule has 188 valence electrons. The second-order valence-electron chi connectivity index (χ2n) is 8.12. The molecule has 0 aliphatic heterocycles. The van der Waals surface area contributed by atoms with E-state index >= 15 is 0 Å². The van der Waals surface area contributed by atoms with E-state index in [1.165, 1.54) is 23.9 Å². The summed E-state index contributed by atoms with van der Waals surface area (Å²) in [6, 6.07) is 19.4. The minimum atomic E-state index is -0.316. The highest BCUT2D eigenvalue weighted by Crippen LogP contribution is 2.36. The molecule has 5 aromatic rings. The Morgan fingerprint density at radius 3 is 2.65 bits per heavy atom. The first-order valence-corrected chi connectivity index (χ1v) is 12.4. The number of nitrogens with one attached hydrogen (secondary N) is 2. The summed E-state index contributed by atoms with van der Waals surface area (Å²) >= 11 is 1.25. The van der Waals surface area contributed by atoms with Crippen LogP contribution in [-0.2, 0) is 11.3 Å². The Labute approximate surface area is 216 Å². The Kier molecular flexibility index (Phi) is 7.09. The van der Waals surface area contributed by atoms with Crippen LogP contribution in [0.2, 0.25) is 0 Å². The van der Waals surface area contributed by atoms with Crippen LogP contribution in [0.15, 0.2) is 78.1 Å². The Hall–Kier alpha value is -4.31. The molecule has 0 atom stereocenters. The van der Waals surface area contributed by atoms with Crippen molar-refractivity contribution in [3.63, 3.8) is 0 Å². The van der Waals surface area contributed by atoms with Crippen molar-refractivity contribution >= 4 is 28.6 Å². The van der Waals surface area contributed by atoms with Gasteiger partial charge in [0.2, 0.25) is 5.91 Å². The van der Waals surface area contributed by atoms with Crippen molar-refractivity contribution in [2.45, 2.75) is 11.7 Å². The van der Waals surface area contributed by atoms with Crippen LogP contribution in [0, 0.1) is 5.82 Å². The van der Waals surface area contributed by atoms with Gasteiger partial charge in [0, 0.05) is 35.3 Å². The van der Waals surface area contributed by atoms with Gasteiger partial charge in [-0.25, -0.2) is 4.39 Å². The smallest absolute Gasteiger partial charge is 0.230 e. The number of aromatic amines is 1. The van der Waals surface area contributed by atoms with Crippen molar-refractivity contribution in [1.82, 2.24) is 25.1 Å².